The minimum absolute atomic E-state index is 0.0939. The van der Waals surface area contributed by atoms with Crippen LogP contribution in [0.15, 0.2) is 66.7 Å². The lowest BCUT2D eigenvalue weighted by Crippen LogP contribution is -2.62. The van der Waals surface area contributed by atoms with Crippen molar-refractivity contribution in [3.05, 3.63) is 100 Å². The lowest BCUT2D eigenvalue weighted by Gasteiger charge is -2.42. The van der Waals surface area contributed by atoms with Crippen molar-refractivity contribution in [2.24, 2.45) is 10.8 Å². The summed E-state index contributed by atoms with van der Waals surface area (Å²) in [5, 5.41) is 18.5. The van der Waals surface area contributed by atoms with E-state index in [4.69, 9.17) is 4.74 Å². The Labute approximate surface area is 408 Å². The Bertz CT molecular complexity index is 2410. The van der Waals surface area contributed by atoms with E-state index in [0.29, 0.717) is 25.2 Å². The van der Waals surface area contributed by atoms with Crippen LogP contribution in [0.3, 0.4) is 0 Å². The van der Waals surface area contributed by atoms with Crippen LogP contribution in [0.25, 0.3) is 0 Å². The molecule has 6 N–H and O–H groups in total. The normalized spacial score (nSPS) is 22.8. The van der Waals surface area contributed by atoms with Crippen molar-refractivity contribution >= 4 is 35.4 Å². The average Bonchev–Trinajstić information content (AvgIpc) is 3.79. The minimum atomic E-state index is -0.957. The molecular weight excluding hydrogens is 873 g/mol. The van der Waals surface area contributed by atoms with Gasteiger partial charge in [-0.15, -0.1) is 0 Å². The second kappa shape index (κ2) is 21.1. The quantitative estimate of drug-likeness (QED) is 0.141. The van der Waals surface area contributed by atoms with Crippen molar-refractivity contribution in [3.63, 3.8) is 0 Å². The Balaban J connectivity index is 1.22. The first-order chi connectivity index (χ1) is 32.7. The van der Waals surface area contributed by atoms with E-state index < -0.39 is 47.1 Å². The smallest absolute Gasteiger partial charge is 0.246 e. The fourth-order valence-corrected chi connectivity index (χ4v) is 10.3. The number of nitrogens with zero attached hydrogens (tertiary/aromatic N) is 2. The van der Waals surface area contributed by atoms with Crippen LogP contribution in [0.1, 0.15) is 132 Å². The molecule has 15 heteroatoms. The molecule has 3 heterocycles. The number of rotatable bonds is 13. The number of amides is 6. The van der Waals surface area contributed by atoms with Gasteiger partial charge in [0.05, 0.1) is 30.8 Å². The highest BCUT2D eigenvalue weighted by molar-refractivity contribution is 5.95. The third-order valence-electron chi connectivity index (χ3n) is 14.7. The van der Waals surface area contributed by atoms with Crippen LogP contribution in [0.5, 0.6) is 5.75 Å². The standard InChI is InChI=1S/C54H74N8O7/c1-31(55-9)47(63)59-45(53(3,4)5)51(67)61-29-36-26-34(22-23-35(36)27-42(61)49(65)58-41-24-25-69-44-21-14-13-19-39(41)44)37-28-43(50(66)57-40-20-15-17-33-16-11-12-18-38(33)40)62(30-37)52(68)46(54(6,7)8)60-48(64)32(2)56-10/h11-14,16,18-19,21-23,26,31-32,37,40-43,45-46,55-56H,15,17,20,24-25,27-30H2,1-10H3,(H,57,66)(H,58,65)(H,59,63)(H,60,64)/t31-,32-,37?,40?,41?,42-,43-,45?,46?/m0/s1. The lowest BCUT2D eigenvalue weighted by atomic mass is 9.83. The van der Waals surface area contributed by atoms with Gasteiger partial charge in [-0.25, -0.2) is 0 Å². The summed E-state index contributed by atoms with van der Waals surface area (Å²) in [6, 6.07) is 16.7. The average molecular weight is 947 g/mol. The van der Waals surface area contributed by atoms with Crippen LogP contribution >= 0.6 is 0 Å². The lowest BCUT2D eigenvalue weighted by molar-refractivity contribution is -0.147. The van der Waals surface area contributed by atoms with Gasteiger partial charge >= 0.3 is 0 Å². The number of benzene rings is 3. The predicted octanol–water partition coefficient (Wildman–Crippen LogP) is 4.74. The molecule has 9 atom stereocenters. The van der Waals surface area contributed by atoms with Crippen LogP contribution in [0.4, 0.5) is 0 Å². The van der Waals surface area contributed by atoms with Crippen molar-refractivity contribution in [1.82, 2.24) is 41.7 Å². The van der Waals surface area contributed by atoms with Crippen LogP contribution < -0.4 is 36.6 Å². The zero-order valence-corrected chi connectivity index (χ0v) is 42.2. The number of hydrogen-bond acceptors (Lipinski definition) is 9. The maximum atomic E-state index is 15.1. The molecular formula is C54H74N8O7. The largest absolute Gasteiger partial charge is 0.493 e. The van der Waals surface area contributed by atoms with E-state index in [0.717, 1.165) is 47.1 Å². The second-order valence-electron chi connectivity index (χ2n) is 21.7. The van der Waals surface area contributed by atoms with E-state index in [-0.39, 0.29) is 73.0 Å². The summed E-state index contributed by atoms with van der Waals surface area (Å²) in [5.41, 5.74) is 4.41. The summed E-state index contributed by atoms with van der Waals surface area (Å²) in [5.74, 6) is -1.45. The van der Waals surface area contributed by atoms with Gasteiger partial charge in [-0.05, 0) is 98.3 Å². The molecule has 0 spiro atoms. The molecule has 6 amide bonds. The zero-order valence-electron chi connectivity index (χ0n) is 42.2. The molecule has 3 aromatic rings. The SMILES string of the molecule is CN[C@@H](C)C(=O)NC(C(=O)N1CC(c2ccc3c(c2)CN(C(=O)C(NC(=O)[C@H](C)NC)C(C)(C)C)[C@H](C(=O)NC2CCOc4ccccc42)C3)C[C@H]1C(=O)NC1CCCc2ccccc21)C(C)(C)C. The molecule has 1 saturated heterocycles. The summed E-state index contributed by atoms with van der Waals surface area (Å²) < 4.78 is 5.89. The Kier molecular flexibility index (Phi) is 15.6. The van der Waals surface area contributed by atoms with Gasteiger partial charge in [0.25, 0.3) is 0 Å². The van der Waals surface area contributed by atoms with E-state index in [1.807, 2.05) is 90.1 Å². The number of ether oxygens (including phenoxy) is 1. The maximum Gasteiger partial charge on any atom is 0.246 e. The Morgan fingerprint density at radius 3 is 1.84 bits per heavy atom. The molecule has 3 aliphatic heterocycles. The van der Waals surface area contributed by atoms with Gasteiger partial charge in [0.15, 0.2) is 0 Å². The van der Waals surface area contributed by atoms with Crippen molar-refractivity contribution < 1.29 is 33.5 Å². The van der Waals surface area contributed by atoms with Crippen LogP contribution in [0.2, 0.25) is 0 Å². The molecule has 15 nitrogen and oxygen atoms in total. The second-order valence-corrected chi connectivity index (χ2v) is 21.7. The Morgan fingerprint density at radius 2 is 1.22 bits per heavy atom. The summed E-state index contributed by atoms with van der Waals surface area (Å²) >= 11 is 0. The summed E-state index contributed by atoms with van der Waals surface area (Å²) in [7, 11) is 3.37. The number of likely N-dealkylation sites (tertiary alicyclic amines) is 1. The van der Waals surface area contributed by atoms with Gasteiger partial charge in [-0.3, -0.25) is 28.8 Å². The molecule has 0 bridgehead atoms. The molecule has 7 rings (SSSR count). The first kappa shape index (κ1) is 51.1. The number of carbonyl (C=O) groups is 6. The minimum Gasteiger partial charge on any atom is -0.493 e. The molecule has 1 aliphatic carbocycles. The third kappa shape index (κ3) is 11.3. The van der Waals surface area contributed by atoms with Crippen molar-refractivity contribution in [3.8, 4) is 5.75 Å². The van der Waals surface area contributed by atoms with Crippen molar-refractivity contribution in [2.45, 2.75) is 155 Å². The summed E-state index contributed by atoms with van der Waals surface area (Å²) in [4.78, 5) is 89.4. The molecule has 0 radical (unpaired) electrons. The topological polar surface area (TPSA) is 190 Å². The Morgan fingerprint density at radius 1 is 0.652 bits per heavy atom. The van der Waals surface area contributed by atoms with Gasteiger partial charge < -0.3 is 46.4 Å². The summed E-state index contributed by atoms with van der Waals surface area (Å²) in [6.45, 7) is 15.6. The fourth-order valence-electron chi connectivity index (χ4n) is 10.3. The zero-order chi connectivity index (χ0) is 49.9. The highest BCUT2D eigenvalue weighted by Crippen LogP contribution is 2.39. The van der Waals surface area contributed by atoms with Crippen molar-refractivity contribution in [2.75, 3.05) is 27.2 Å². The van der Waals surface area contributed by atoms with E-state index >= 15 is 4.79 Å². The molecule has 5 unspecified atom stereocenters. The van der Waals surface area contributed by atoms with E-state index in [9.17, 15) is 24.0 Å². The van der Waals surface area contributed by atoms with E-state index in [2.05, 4.69) is 50.1 Å². The number of fused-ring (bicyclic) bond motifs is 3. The Hall–Kier alpha value is -5.80. The maximum absolute atomic E-state index is 15.1. The third-order valence-corrected chi connectivity index (χ3v) is 14.7. The highest BCUT2D eigenvalue weighted by atomic mass is 16.5. The van der Waals surface area contributed by atoms with Gasteiger partial charge in [-0.1, -0.05) is 102 Å². The predicted molar refractivity (Wildman–Crippen MR) is 265 cm³/mol. The highest BCUT2D eigenvalue weighted by Gasteiger charge is 2.47. The monoisotopic (exact) mass is 947 g/mol. The van der Waals surface area contributed by atoms with Gasteiger partial charge in [-0.2, -0.15) is 0 Å². The first-order valence-electron chi connectivity index (χ1n) is 24.8. The van der Waals surface area contributed by atoms with Gasteiger partial charge in [0.1, 0.15) is 29.9 Å². The number of likely N-dealkylation sites (N-methyl/N-ethyl adjacent to an activating group) is 2. The molecule has 0 saturated carbocycles. The number of nitrogens with one attached hydrogen (secondary N) is 6. The number of para-hydroxylation sites is 1. The van der Waals surface area contributed by atoms with Gasteiger partial charge in [0.2, 0.25) is 35.4 Å². The molecule has 0 aromatic heterocycles. The number of carbonyl (C=O) groups excluding carboxylic acids is 6. The fraction of sp³-hybridized carbons (Fsp3) is 0.556. The van der Waals surface area contributed by atoms with E-state index in [1.165, 1.54) is 5.56 Å². The molecule has 4 aliphatic rings. The first-order valence-corrected chi connectivity index (χ1v) is 24.8. The van der Waals surface area contributed by atoms with Crippen molar-refractivity contribution in [1.29, 1.82) is 0 Å². The number of aryl methyl sites for hydroxylation is 1. The van der Waals surface area contributed by atoms with Crippen LogP contribution in [-0.2, 0) is 48.2 Å². The van der Waals surface area contributed by atoms with Crippen LogP contribution in [0, 0.1) is 10.8 Å². The molecule has 69 heavy (non-hydrogen) atoms. The molecule has 1 fully saturated rings. The van der Waals surface area contributed by atoms with E-state index in [1.54, 1.807) is 37.7 Å². The molecule has 3 aromatic carbocycles. The summed E-state index contributed by atoms with van der Waals surface area (Å²) in [6.07, 6.45) is 3.79. The van der Waals surface area contributed by atoms with Crippen LogP contribution in [-0.4, -0.2) is 109 Å². The van der Waals surface area contributed by atoms with Gasteiger partial charge in [0, 0.05) is 37.4 Å². The number of hydrogen-bond donors (Lipinski definition) is 6. The molecule has 372 valence electrons.